The van der Waals surface area contributed by atoms with Crippen LogP contribution >= 0.6 is 0 Å². The number of nitrogens with one attached hydrogen (secondary N) is 1. The molecule has 0 saturated heterocycles. The largest absolute Gasteiger partial charge is 0.514 e. The van der Waals surface area contributed by atoms with Crippen molar-refractivity contribution in [2.45, 2.75) is 76.4 Å². The van der Waals surface area contributed by atoms with Crippen LogP contribution in [0.5, 0.6) is 5.75 Å². The summed E-state index contributed by atoms with van der Waals surface area (Å²) in [7, 11) is 0. The molecule has 0 bridgehead atoms. The Kier molecular flexibility index (Phi) is 7.00. The van der Waals surface area contributed by atoms with Gasteiger partial charge in [0.1, 0.15) is 17.7 Å². The molecule has 1 aromatic heterocycles. The quantitative estimate of drug-likeness (QED) is 0.161. The number of fused-ring (bicyclic) bond motifs is 1. The van der Waals surface area contributed by atoms with Crippen LogP contribution < -0.4 is 10.1 Å². The molecule has 0 aliphatic heterocycles. The zero-order valence-corrected chi connectivity index (χ0v) is 22.2. The lowest BCUT2D eigenvalue weighted by atomic mass is 10.0. The van der Waals surface area contributed by atoms with Crippen molar-refractivity contribution in [3.8, 4) is 11.8 Å². The number of benzene rings is 2. The zero-order chi connectivity index (χ0) is 27.7. The van der Waals surface area contributed by atoms with Crippen LogP contribution in [0.1, 0.15) is 75.1 Å². The smallest absolute Gasteiger partial charge is 0.431 e. The third kappa shape index (κ3) is 5.72. The molecular weight excluding hydrogens is 498 g/mol. The minimum Gasteiger partial charge on any atom is -0.431 e. The number of carbonyl (C=O) groups excluding carboxylic acids is 1. The van der Waals surface area contributed by atoms with Crippen molar-refractivity contribution in [3.63, 3.8) is 0 Å². The third-order valence-electron chi connectivity index (χ3n) is 7.33. The Hall–Kier alpha value is -4.39. The molecule has 5 rings (SSSR count). The van der Waals surface area contributed by atoms with Gasteiger partial charge >= 0.3 is 6.16 Å². The SMILES string of the molecule is CC(C)(C)n1nc([C@H]2CC[C@@H](OC(=O)Oc3ccc([N+](=O)[O-])cc3)C2)cc1Nc1ccc2c(c1)C(C#N)CC2. The third-order valence-corrected chi connectivity index (χ3v) is 7.33. The molecule has 2 aromatic carbocycles. The topological polar surface area (TPSA) is 132 Å². The van der Waals surface area contributed by atoms with Gasteiger partial charge in [-0.2, -0.15) is 10.4 Å². The number of carbonyl (C=O) groups is 1. The van der Waals surface area contributed by atoms with E-state index in [4.69, 9.17) is 14.6 Å². The Morgan fingerprint density at radius 1 is 1.15 bits per heavy atom. The van der Waals surface area contributed by atoms with Crippen LogP contribution in [-0.4, -0.2) is 27.0 Å². The summed E-state index contributed by atoms with van der Waals surface area (Å²) in [6, 6.07) is 16.0. The fourth-order valence-corrected chi connectivity index (χ4v) is 5.37. The maximum absolute atomic E-state index is 12.3. The molecular formula is C29H31N5O5. The van der Waals surface area contributed by atoms with Gasteiger partial charge < -0.3 is 14.8 Å². The molecule has 1 saturated carbocycles. The summed E-state index contributed by atoms with van der Waals surface area (Å²) in [6.07, 6.45) is 2.79. The van der Waals surface area contributed by atoms with Crippen LogP contribution in [0.4, 0.5) is 22.0 Å². The van der Waals surface area contributed by atoms with Gasteiger partial charge in [0.25, 0.3) is 5.69 Å². The van der Waals surface area contributed by atoms with E-state index in [0.717, 1.165) is 42.0 Å². The Morgan fingerprint density at radius 2 is 1.92 bits per heavy atom. The average Bonchev–Trinajstić information content (AvgIpc) is 3.62. The van der Waals surface area contributed by atoms with E-state index in [1.54, 1.807) is 0 Å². The minimum atomic E-state index is -0.829. The van der Waals surface area contributed by atoms with Crippen LogP contribution in [0.2, 0.25) is 0 Å². The molecule has 3 aromatic rings. The van der Waals surface area contributed by atoms with Crippen LogP contribution in [0.15, 0.2) is 48.5 Å². The first kappa shape index (κ1) is 26.2. The van der Waals surface area contributed by atoms with Crippen molar-refractivity contribution in [2.24, 2.45) is 0 Å². The standard InChI is InChI=1S/C29H31N5O5/c1-29(2,3)33-27(31-21-8-6-18-4-5-20(17-30)25(18)15-21)16-26(32-33)19-7-11-24(14-19)39-28(35)38-23-12-9-22(10-13-23)34(36)37/h6,8-10,12-13,15-16,19-20,24,31H,4-5,7,11,14H2,1-3H3/t19-,20?,24+/m0/s1. The lowest BCUT2D eigenvalue weighted by Crippen LogP contribution is -2.24. The van der Waals surface area contributed by atoms with Gasteiger partial charge in [-0.15, -0.1) is 0 Å². The van der Waals surface area contributed by atoms with E-state index in [0.29, 0.717) is 12.8 Å². The molecule has 1 heterocycles. The Morgan fingerprint density at radius 3 is 2.62 bits per heavy atom. The fraction of sp³-hybridized carbons (Fsp3) is 0.414. The highest BCUT2D eigenvalue weighted by Crippen LogP contribution is 2.39. The van der Waals surface area contributed by atoms with Crippen molar-refractivity contribution in [3.05, 3.63) is 75.5 Å². The van der Waals surface area contributed by atoms with Gasteiger partial charge in [-0.1, -0.05) is 6.07 Å². The second-order valence-corrected chi connectivity index (χ2v) is 11.1. The first-order chi connectivity index (χ1) is 18.6. The van der Waals surface area contributed by atoms with Gasteiger partial charge in [0.2, 0.25) is 0 Å². The molecule has 202 valence electrons. The number of nitriles is 1. The summed E-state index contributed by atoms with van der Waals surface area (Å²) in [5.74, 6) is 1.11. The number of ether oxygens (including phenoxy) is 2. The summed E-state index contributed by atoms with van der Waals surface area (Å²) < 4.78 is 12.7. The summed E-state index contributed by atoms with van der Waals surface area (Å²) in [5, 5.41) is 28.8. The molecule has 2 aliphatic rings. The second kappa shape index (κ2) is 10.4. The number of rotatable bonds is 6. The van der Waals surface area contributed by atoms with Crippen LogP contribution in [0.3, 0.4) is 0 Å². The van der Waals surface area contributed by atoms with Crippen molar-refractivity contribution < 1.29 is 19.2 Å². The molecule has 0 spiro atoms. The second-order valence-electron chi connectivity index (χ2n) is 11.1. The van der Waals surface area contributed by atoms with Crippen molar-refractivity contribution in [1.82, 2.24) is 9.78 Å². The van der Waals surface area contributed by atoms with Crippen LogP contribution in [0, 0.1) is 21.4 Å². The predicted molar refractivity (Wildman–Crippen MR) is 144 cm³/mol. The monoisotopic (exact) mass is 529 g/mol. The van der Waals surface area contributed by atoms with Crippen molar-refractivity contribution in [1.29, 1.82) is 5.26 Å². The molecule has 10 nitrogen and oxygen atoms in total. The van der Waals surface area contributed by atoms with E-state index in [1.165, 1.54) is 29.8 Å². The summed E-state index contributed by atoms with van der Waals surface area (Å²) in [4.78, 5) is 22.6. The minimum absolute atomic E-state index is 0.0626. The predicted octanol–water partition coefficient (Wildman–Crippen LogP) is 6.69. The number of anilines is 2. The van der Waals surface area contributed by atoms with Gasteiger partial charge in [0.05, 0.1) is 28.1 Å². The number of non-ortho nitro benzene ring substituents is 1. The normalized spacial score (nSPS) is 20.2. The molecule has 1 fully saturated rings. The van der Waals surface area contributed by atoms with E-state index in [1.807, 2.05) is 10.7 Å². The molecule has 3 atom stereocenters. The van der Waals surface area contributed by atoms with Crippen molar-refractivity contribution >= 4 is 23.3 Å². The summed E-state index contributed by atoms with van der Waals surface area (Å²) in [6.45, 7) is 6.29. The maximum Gasteiger partial charge on any atom is 0.514 e. The Balaban J connectivity index is 1.25. The average molecular weight is 530 g/mol. The first-order valence-electron chi connectivity index (χ1n) is 13.1. The number of nitro groups is 1. The van der Waals surface area contributed by atoms with E-state index < -0.39 is 11.1 Å². The highest BCUT2D eigenvalue weighted by molar-refractivity contribution is 5.64. The van der Waals surface area contributed by atoms with Crippen LogP contribution in [0.25, 0.3) is 0 Å². The fourth-order valence-electron chi connectivity index (χ4n) is 5.37. The summed E-state index contributed by atoms with van der Waals surface area (Å²) in [5.41, 5.74) is 3.84. The molecule has 2 aliphatic carbocycles. The Labute approximate surface area is 226 Å². The molecule has 1 unspecified atom stereocenters. The van der Waals surface area contributed by atoms with Gasteiger partial charge in [-0.25, -0.2) is 9.48 Å². The van der Waals surface area contributed by atoms with E-state index in [2.05, 4.69) is 50.4 Å². The number of hydrogen-bond donors (Lipinski definition) is 1. The van der Waals surface area contributed by atoms with Gasteiger partial charge in [0, 0.05) is 29.8 Å². The molecule has 39 heavy (non-hydrogen) atoms. The highest BCUT2D eigenvalue weighted by atomic mass is 16.7. The van der Waals surface area contributed by atoms with Gasteiger partial charge in [-0.05, 0) is 88.3 Å². The molecule has 0 amide bonds. The lowest BCUT2D eigenvalue weighted by molar-refractivity contribution is -0.384. The van der Waals surface area contributed by atoms with Gasteiger partial charge in [0.15, 0.2) is 0 Å². The number of aryl methyl sites for hydroxylation is 1. The van der Waals surface area contributed by atoms with Crippen molar-refractivity contribution in [2.75, 3.05) is 5.32 Å². The highest BCUT2D eigenvalue weighted by Gasteiger charge is 2.33. The number of nitrogens with zero attached hydrogens (tertiary/aromatic N) is 4. The molecule has 10 heteroatoms. The number of nitro benzene ring substituents is 1. The van der Waals surface area contributed by atoms with E-state index >= 15 is 0 Å². The molecule has 0 radical (unpaired) electrons. The first-order valence-corrected chi connectivity index (χ1v) is 13.1. The maximum atomic E-state index is 12.3. The number of hydrogen-bond acceptors (Lipinski definition) is 8. The lowest BCUT2D eigenvalue weighted by Gasteiger charge is -2.23. The van der Waals surface area contributed by atoms with Gasteiger partial charge in [-0.3, -0.25) is 10.1 Å². The molecule has 1 N–H and O–H groups in total. The zero-order valence-electron chi connectivity index (χ0n) is 22.2. The number of aromatic nitrogens is 2. The summed E-state index contributed by atoms with van der Waals surface area (Å²) >= 11 is 0. The Bertz CT molecular complexity index is 1430. The van der Waals surface area contributed by atoms with E-state index in [9.17, 15) is 20.2 Å². The van der Waals surface area contributed by atoms with Crippen LogP contribution in [-0.2, 0) is 16.7 Å². The van der Waals surface area contributed by atoms with E-state index in [-0.39, 0.29) is 34.9 Å².